The molecule has 0 saturated heterocycles. The van der Waals surface area contributed by atoms with Crippen LogP contribution in [0.15, 0.2) is 95.6 Å². The normalized spacial score (nSPS) is 11.1. The molecule has 2 nitrogen and oxygen atoms in total. The van der Waals surface area contributed by atoms with E-state index in [4.69, 9.17) is 0 Å². The smallest absolute Gasteiger partial charge is 0.116 e. The summed E-state index contributed by atoms with van der Waals surface area (Å²) < 4.78 is 2.57. The minimum absolute atomic E-state index is 0.633. The summed E-state index contributed by atoms with van der Waals surface area (Å²) in [5.74, 6) is 0. The summed E-state index contributed by atoms with van der Waals surface area (Å²) in [6, 6.07) is 30.1. The quantitative estimate of drug-likeness (QED) is 0.359. The summed E-state index contributed by atoms with van der Waals surface area (Å²) in [7, 11) is 0. The average molecular weight is 305 g/mol. The minimum Gasteiger partial charge on any atom is -0.137 e. The van der Waals surface area contributed by atoms with Gasteiger partial charge in [0, 0.05) is 16.5 Å². The molecular formula is C19H15NOS. The van der Waals surface area contributed by atoms with Crippen LogP contribution in [0.25, 0.3) is 0 Å². The molecule has 0 fully saturated rings. The molecule has 0 N–H and O–H groups in total. The van der Waals surface area contributed by atoms with Gasteiger partial charge in [0.15, 0.2) is 0 Å². The molecule has 0 spiro atoms. The second-order valence-electron chi connectivity index (χ2n) is 4.95. The van der Waals surface area contributed by atoms with E-state index in [1.165, 1.54) is 0 Å². The molecule has 0 aromatic heterocycles. The van der Waals surface area contributed by atoms with Gasteiger partial charge in [0.05, 0.1) is 0 Å². The molecule has 0 unspecified atom stereocenters. The Morgan fingerprint density at radius 1 is 0.591 bits per heavy atom. The van der Waals surface area contributed by atoms with Gasteiger partial charge < -0.3 is 0 Å². The molecule has 0 atom stereocenters. The highest BCUT2D eigenvalue weighted by Crippen LogP contribution is 2.48. The number of benzene rings is 3. The van der Waals surface area contributed by atoms with Gasteiger partial charge in [-0.1, -0.05) is 91.0 Å². The Hall–Kier alpha value is -2.39. The van der Waals surface area contributed by atoms with Crippen LogP contribution in [-0.4, -0.2) is 0 Å². The van der Waals surface area contributed by atoms with Crippen LogP contribution in [0.2, 0.25) is 0 Å². The average Bonchev–Trinajstić information content (AvgIpc) is 2.62. The lowest BCUT2D eigenvalue weighted by Gasteiger charge is -2.32. The van der Waals surface area contributed by atoms with Crippen molar-refractivity contribution in [3.8, 4) is 0 Å². The van der Waals surface area contributed by atoms with Gasteiger partial charge in [-0.15, -0.1) is 4.91 Å². The molecule has 0 aliphatic heterocycles. The van der Waals surface area contributed by atoms with Gasteiger partial charge >= 0.3 is 0 Å². The summed E-state index contributed by atoms with van der Waals surface area (Å²) in [6.45, 7) is 0. The highest BCUT2D eigenvalue weighted by molar-refractivity contribution is 7.99. The van der Waals surface area contributed by atoms with E-state index in [1.54, 1.807) is 0 Å². The molecule has 0 aliphatic rings. The van der Waals surface area contributed by atoms with Crippen molar-refractivity contribution in [3.63, 3.8) is 0 Å². The Bertz CT molecular complexity index is 632. The zero-order valence-electron chi connectivity index (χ0n) is 11.9. The third kappa shape index (κ3) is 2.55. The second-order valence-corrected chi connectivity index (χ2v) is 5.89. The zero-order valence-corrected chi connectivity index (χ0v) is 12.7. The Morgan fingerprint density at radius 3 is 1.18 bits per heavy atom. The van der Waals surface area contributed by atoms with Crippen LogP contribution in [0.1, 0.15) is 16.7 Å². The van der Waals surface area contributed by atoms with E-state index in [2.05, 4.69) is 4.58 Å². The first-order chi connectivity index (χ1) is 10.9. The van der Waals surface area contributed by atoms with Gasteiger partial charge in [-0.05, 0) is 16.7 Å². The van der Waals surface area contributed by atoms with E-state index in [0.29, 0.717) is 0 Å². The largest absolute Gasteiger partial charge is 0.137 e. The van der Waals surface area contributed by atoms with Crippen molar-refractivity contribution in [2.24, 2.45) is 4.58 Å². The van der Waals surface area contributed by atoms with Crippen LogP contribution >= 0.6 is 11.9 Å². The molecule has 22 heavy (non-hydrogen) atoms. The number of rotatable bonds is 5. The van der Waals surface area contributed by atoms with E-state index in [-0.39, 0.29) is 0 Å². The van der Waals surface area contributed by atoms with Crippen molar-refractivity contribution in [2.75, 3.05) is 0 Å². The predicted octanol–water partition coefficient (Wildman–Crippen LogP) is 5.39. The van der Waals surface area contributed by atoms with Gasteiger partial charge in [0.25, 0.3) is 0 Å². The lowest BCUT2D eigenvalue weighted by Crippen LogP contribution is -2.24. The molecule has 0 radical (unpaired) electrons. The number of nitroso groups, excluding NO2 is 1. The van der Waals surface area contributed by atoms with Crippen LogP contribution in [0, 0.1) is 4.91 Å². The van der Waals surface area contributed by atoms with Gasteiger partial charge in [-0.2, -0.15) is 0 Å². The molecule has 108 valence electrons. The topological polar surface area (TPSA) is 29.4 Å². The third-order valence-electron chi connectivity index (χ3n) is 3.72. The molecule has 3 aromatic rings. The molecule has 0 amide bonds. The number of hydrogen-bond acceptors (Lipinski definition) is 3. The summed E-state index contributed by atoms with van der Waals surface area (Å²) in [5, 5.41) is 0. The maximum Gasteiger partial charge on any atom is 0.116 e. The van der Waals surface area contributed by atoms with Gasteiger partial charge in [-0.25, -0.2) is 0 Å². The Labute approximate surface area is 134 Å². The fourth-order valence-corrected chi connectivity index (χ4v) is 3.57. The molecule has 3 rings (SSSR count). The van der Waals surface area contributed by atoms with Crippen LogP contribution < -0.4 is 0 Å². The maximum atomic E-state index is 11.3. The first-order valence-corrected chi connectivity index (χ1v) is 7.82. The van der Waals surface area contributed by atoms with Crippen LogP contribution in [0.3, 0.4) is 0 Å². The highest BCUT2D eigenvalue weighted by atomic mass is 32.2. The monoisotopic (exact) mass is 305 g/mol. The van der Waals surface area contributed by atoms with Crippen molar-refractivity contribution in [3.05, 3.63) is 113 Å². The van der Waals surface area contributed by atoms with Gasteiger partial charge in [0.1, 0.15) is 4.75 Å². The third-order valence-corrected chi connectivity index (χ3v) is 4.77. The van der Waals surface area contributed by atoms with Crippen LogP contribution in [0.4, 0.5) is 0 Å². The summed E-state index contributed by atoms with van der Waals surface area (Å²) in [5.41, 5.74) is 3.12. The van der Waals surface area contributed by atoms with Crippen LogP contribution in [0.5, 0.6) is 0 Å². The van der Waals surface area contributed by atoms with Crippen molar-refractivity contribution in [1.82, 2.24) is 0 Å². The van der Waals surface area contributed by atoms with Crippen molar-refractivity contribution >= 4 is 11.9 Å². The molecule has 0 bridgehead atoms. The summed E-state index contributed by atoms with van der Waals surface area (Å²) in [6.07, 6.45) is 0. The Balaban J connectivity index is 2.31. The highest BCUT2D eigenvalue weighted by Gasteiger charge is 2.38. The van der Waals surface area contributed by atoms with E-state index >= 15 is 0 Å². The molecule has 0 aliphatic carbocycles. The van der Waals surface area contributed by atoms with Crippen molar-refractivity contribution < 1.29 is 0 Å². The van der Waals surface area contributed by atoms with Gasteiger partial charge in [-0.3, -0.25) is 0 Å². The lowest BCUT2D eigenvalue weighted by molar-refractivity contribution is 0.896. The first-order valence-electron chi connectivity index (χ1n) is 7.05. The molecule has 0 heterocycles. The van der Waals surface area contributed by atoms with Crippen LogP contribution in [-0.2, 0) is 4.75 Å². The second kappa shape index (κ2) is 6.58. The van der Waals surface area contributed by atoms with Crippen molar-refractivity contribution in [2.45, 2.75) is 4.75 Å². The number of hydrogen-bond donors (Lipinski definition) is 0. The summed E-state index contributed by atoms with van der Waals surface area (Å²) >= 11 is 1.05. The first kappa shape index (κ1) is 14.5. The van der Waals surface area contributed by atoms with Crippen molar-refractivity contribution in [1.29, 1.82) is 0 Å². The standard InChI is InChI=1S/C19H15NOS/c21-20-22-19(16-10-4-1-5-11-16,17-12-6-2-7-13-17)18-14-8-3-9-15-18/h1-15H. The maximum absolute atomic E-state index is 11.3. The number of nitrogens with zero attached hydrogens (tertiary/aromatic N) is 1. The molecule has 3 aromatic carbocycles. The van der Waals surface area contributed by atoms with E-state index in [0.717, 1.165) is 28.6 Å². The lowest BCUT2D eigenvalue weighted by atomic mass is 9.84. The SMILES string of the molecule is O=NSC(c1ccccc1)(c1ccccc1)c1ccccc1. The van der Waals surface area contributed by atoms with Gasteiger partial charge in [0.2, 0.25) is 0 Å². The van der Waals surface area contributed by atoms with E-state index in [9.17, 15) is 4.91 Å². The Morgan fingerprint density at radius 2 is 0.909 bits per heavy atom. The Kier molecular flexibility index (Phi) is 4.35. The van der Waals surface area contributed by atoms with E-state index in [1.807, 2.05) is 91.0 Å². The fourth-order valence-electron chi connectivity index (χ4n) is 2.73. The summed E-state index contributed by atoms with van der Waals surface area (Å²) in [4.78, 5) is 11.3. The fraction of sp³-hybridized carbons (Fsp3) is 0.0526. The minimum atomic E-state index is -0.633. The van der Waals surface area contributed by atoms with E-state index < -0.39 is 4.75 Å². The zero-order chi connectivity index (χ0) is 15.3. The molecule has 3 heteroatoms. The molecular weight excluding hydrogens is 290 g/mol. The molecule has 0 saturated carbocycles. The predicted molar refractivity (Wildman–Crippen MR) is 92.6 cm³/mol.